The van der Waals surface area contributed by atoms with E-state index in [1.54, 1.807) is 26.8 Å². The zero-order valence-electron chi connectivity index (χ0n) is 14.0. The van der Waals surface area contributed by atoms with Crippen LogP contribution in [0.5, 0.6) is 0 Å². The highest BCUT2D eigenvalue weighted by Crippen LogP contribution is 2.21. The maximum Gasteiger partial charge on any atom is 0.374 e. The molecule has 1 atom stereocenters. The van der Waals surface area contributed by atoms with Crippen LogP contribution < -0.4 is 0 Å². The second-order valence-corrected chi connectivity index (χ2v) is 5.23. The van der Waals surface area contributed by atoms with Crippen LogP contribution in [0.1, 0.15) is 56.5 Å². The lowest BCUT2D eigenvalue weighted by Crippen LogP contribution is -2.25. The van der Waals surface area contributed by atoms with Gasteiger partial charge in [-0.05, 0) is 45.4 Å². The van der Waals surface area contributed by atoms with E-state index in [1.165, 1.54) is 19.3 Å². The molecule has 2 rings (SSSR count). The number of hydrogen-bond acceptors (Lipinski definition) is 6. The monoisotopic (exact) mass is 333 g/mol. The highest BCUT2D eigenvalue weighted by molar-refractivity contribution is 6.04. The summed E-state index contributed by atoms with van der Waals surface area (Å²) in [5.41, 5.74) is 1.54. The minimum Gasteiger partial charge on any atom is -0.462 e. The Bertz CT molecular complexity index is 756. The highest BCUT2D eigenvalue weighted by atomic mass is 16.6. The molecule has 0 radical (unpaired) electrons. The van der Waals surface area contributed by atoms with Gasteiger partial charge in [0.1, 0.15) is 0 Å². The first kappa shape index (κ1) is 17.5. The van der Waals surface area contributed by atoms with Crippen LogP contribution >= 0.6 is 0 Å². The number of H-pyrrole nitrogens is 1. The fourth-order valence-corrected chi connectivity index (χ4v) is 2.38. The van der Waals surface area contributed by atoms with Gasteiger partial charge in [-0.2, -0.15) is 0 Å². The Hall–Kier alpha value is -2.83. The van der Waals surface area contributed by atoms with Gasteiger partial charge in [-0.1, -0.05) is 0 Å². The number of aryl methyl sites for hydroxylation is 1. The molecule has 0 saturated heterocycles. The van der Waals surface area contributed by atoms with Crippen LogP contribution in [-0.4, -0.2) is 35.4 Å². The van der Waals surface area contributed by atoms with Crippen molar-refractivity contribution in [2.45, 2.75) is 33.8 Å². The molecule has 2 heterocycles. The van der Waals surface area contributed by atoms with Crippen molar-refractivity contribution >= 4 is 17.7 Å². The maximum atomic E-state index is 12.5. The number of furan rings is 1. The molecule has 7 heteroatoms. The fourth-order valence-electron chi connectivity index (χ4n) is 2.38. The van der Waals surface area contributed by atoms with Gasteiger partial charge in [0.2, 0.25) is 11.5 Å². The lowest BCUT2D eigenvalue weighted by molar-refractivity contribution is 0.0287. The van der Waals surface area contributed by atoms with Gasteiger partial charge >= 0.3 is 11.9 Å². The van der Waals surface area contributed by atoms with Gasteiger partial charge in [-0.25, -0.2) is 9.59 Å². The van der Waals surface area contributed by atoms with E-state index in [2.05, 4.69) is 4.98 Å². The van der Waals surface area contributed by atoms with E-state index >= 15 is 0 Å². The van der Waals surface area contributed by atoms with Crippen LogP contribution in [0.25, 0.3) is 0 Å². The van der Waals surface area contributed by atoms with Crippen molar-refractivity contribution in [3.63, 3.8) is 0 Å². The second kappa shape index (κ2) is 7.16. The number of ether oxygens (including phenoxy) is 2. The Kier molecular flexibility index (Phi) is 5.23. The normalized spacial score (nSPS) is 11.8. The van der Waals surface area contributed by atoms with Gasteiger partial charge in [-0.3, -0.25) is 4.79 Å². The summed E-state index contributed by atoms with van der Waals surface area (Å²) < 4.78 is 15.0. The molecule has 0 bridgehead atoms. The number of esters is 2. The number of carbonyl (C=O) groups is 3. The molecule has 128 valence electrons. The Balaban J connectivity index is 2.19. The molecular weight excluding hydrogens is 314 g/mol. The zero-order valence-corrected chi connectivity index (χ0v) is 14.0. The molecule has 2 aromatic heterocycles. The van der Waals surface area contributed by atoms with Gasteiger partial charge in [0.25, 0.3) is 0 Å². The molecule has 7 nitrogen and oxygen atoms in total. The Morgan fingerprint density at radius 1 is 1.25 bits per heavy atom. The Morgan fingerprint density at radius 2 is 1.96 bits per heavy atom. The number of aromatic nitrogens is 1. The van der Waals surface area contributed by atoms with E-state index in [4.69, 9.17) is 13.9 Å². The summed E-state index contributed by atoms with van der Waals surface area (Å²) in [7, 11) is 0. The SMILES string of the molecule is CCOC(=O)c1c(C)[nH]c(C(=O)[C@H](C)OC(=O)c2ccco2)c1C. The quantitative estimate of drug-likeness (QED) is 0.644. The summed E-state index contributed by atoms with van der Waals surface area (Å²) in [5, 5.41) is 0. The lowest BCUT2D eigenvalue weighted by atomic mass is 10.1. The molecule has 0 aromatic carbocycles. The maximum absolute atomic E-state index is 12.5. The number of Topliss-reactive ketones (excluding diaryl/α,β-unsaturated/α-hetero) is 1. The molecule has 0 spiro atoms. The van der Waals surface area contributed by atoms with Crippen LogP contribution in [0.15, 0.2) is 22.8 Å². The molecule has 0 amide bonds. The van der Waals surface area contributed by atoms with Crippen molar-refractivity contribution in [2.75, 3.05) is 6.61 Å². The molecular formula is C17H19NO6. The van der Waals surface area contributed by atoms with Crippen molar-refractivity contribution in [1.29, 1.82) is 0 Å². The number of nitrogens with one attached hydrogen (secondary N) is 1. The van der Waals surface area contributed by atoms with Gasteiger partial charge < -0.3 is 18.9 Å². The number of hydrogen-bond donors (Lipinski definition) is 1. The number of ketones is 1. The van der Waals surface area contributed by atoms with Crippen LogP contribution in [-0.2, 0) is 9.47 Å². The third-order valence-corrected chi connectivity index (χ3v) is 3.54. The molecule has 0 aliphatic carbocycles. The summed E-state index contributed by atoms with van der Waals surface area (Å²) in [6.45, 7) is 6.73. The summed E-state index contributed by atoms with van der Waals surface area (Å²) in [5.74, 6) is -1.65. The van der Waals surface area contributed by atoms with Crippen molar-refractivity contribution < 1.29 is 28.3 Å². The van der Waals surface area contributed by atoms with E-state index in [0.29, 0.717) is 16.8 Å². The van der Waals surface area contributed by atoms with Crippen molar-refractivity contribution in [1.82, 2.24) is 4.98 Å². The molecule has 0 aliphatic heterocycles. The molecule has 1 N–H and O–H groups in total. The average Bonchev–Trinajstić information content (AvgIpc) is 3.15. The average molecular weight is 333 g/mol. The smallest absolute Gasteiger partial charge is 0.374 e. The van der Waals surface area contributed by atoms with E-state index in [1.807, 2.05) is 0 Å². The minimum atomic E-state index is -1.03. The molecule has 0 saturated carbocycles. The number of rotatable bonds is 6. The van der Waals surface area contributed by atoms with Crippen LogP contribution in [0.2, 0.25) is 0 Å². The summed E-state index contributed by atoms with van der Waals surface area (Å²) in [6, 6.07) is 3.00. The van der Waals surface area contributed by atoms with Crippen LogP contribution in [0.4, 0.5) is 0 Å². The van der Waals surface area contributed by atoms with E-state index in [9.17, 15) is 14.4 Å². The van der Waals surface area contributed by atoms with Crippen LogP contribution in [0.3, 0.4) is 0 Å². The predicted molar refractivity (Wildman–Crippen MR) is 84.1 cm³/mol. The fraction of sp³-hybridized carbons (Fsp3) is 0.353. The third kappa shape index (κ3) is 3.40. The van der Waals surface area contributed by atoms with E-state index < -0.39 is 23.8 Å². The van der Waals surface area contributed by atoms with Gasteiger partial charge in [0, 0.05) is 5.69 Å². The summed E-state index contributed by atoms with van der Waals surface area (Å²) in [4.78, 5) is 39.2. The standard InChI is InChI=1S/C17H19NO6/c1-5-22-17(21)13-9(2)14(18-10(13)3)15(19)11(4)24-16(20)12-7-6-8-23-12/h6-8,11,18H,5H2,1-4H3/t11-/m0/s1. The first-order valence-corrected chi connectivity index (χ1v) is 7.51. The topological polar surface area (TPSA) is 98.6 Å². The van der Waals surface area contributed by atoms with Crippen molar-refractivity contribution in [3.05, 3.63) is 46.7 Å². The van der Waals surface area contributed by atoms with Gasteiger partial charge in [0.05, 0.1) is 24.1 Å². The zero-order chi connectivity index (χ0) is 17.9. The molecule has 24 heavy (non-hydrogen) atoms. The van der Waals surface area contributed by atoms with Crippen LogP contribution in [0, 0.1) is 13.8 Å². The minimum absolute atomic E-state index is 0.0150. The van der Waals surface area contributed by atoms with Gasteiger partial charge in [0.15, 0.2) is 6.10 Å². The number of carbonyl (C=O) groups excluding carboxylic acids is 3. The van der Waals surface area contributed by atoms with E-state index in [-0.39, 0.29) is 18.1 Å². The van der Waals surface area contributed by atoms with E-state index in [0.717, 1.165) is 0 Å². The third-order valence-electron chi connectivity index (χ3n) is 3.54. The molecule has 0 aliphatic rings. The van der Waals surface area contributed by atoms with Crippen molar-refractivity contribution in [3.8, 4) is 0 Å². The first-order valence-electron chi connectivity index (χ1n) is 7.51. The van der Waals surface area contributed by atoms with Gasteiger partial charge in [-0.15, -0.1) is 0 Å². The Labute approximate surface area is 138 Å². The summed E-state index contributed by atoms with van der Waals surface area (Å²) >= 11 is 0. The molecule has 0 unspecified atom stereocenters. The Morgan fingerprint density at radius 3 is 2.54 bits per heavy atom. The largest absolute Gasteiger partial charge is 0.462 e. The first-order chi connectivity index (χ1) is 11.4. The summed E-state index contributed by atoms with van der Waals surface area (Å²) in [6.07, 6.45) is 0.307. The predicted octanol–water partition coefficient (Wildman–Crippen LogP) is 2.83. The second-order valence-electron chi connectivity index (χ2n) is 5.23. The van der Waals surface area contributed by atoms with Crippen molar-refractivity contribution in [2.24, 2.45) is 0 Å². The molecule has 0 fully saturated rings. The molecule has 2 aromatic rings. The highest BCUT2D eigenvalue weighted by Gasteiger charge is 2.28. The number of aromatic amines is 1. The lowest BCUT2D eigenvalue weighted by Gasteiger charge is -2.11.